The molecule has 5 nitrogen and oxygen atoms in total. The Balaban J connectivity index is 1.78. The van der Waals surface area contributed by atoms with Crippen molar-refractivity contribution in [2.45, 2.75) is 38.9 Å². The monoisotopic (exact) mass is 361 g/mol. The van der Waals surface area contributed by atoms with Crippen LogP contribution in [0.3, 0.4) is 0 Å². The van der Waals surface area contributed by atoms with Crippen LogP contribution in [0, 0.1) is 0 Å². The van der Waals surface area contributed by atoms with Crippen LogP contribution in [0.4, 0.5) is 0 Å². The maximum Gasteiger partial charge on any atom is 0.220 e. The number of nitrogens with one attached hydrogen (secondary N) is 1. The first-order chi connectivity index (χ1) is 12.0. The molecule has 0 aliphatic rings. The Bertz CT molecular complexity index is 697. The number of carbonyl (C=O) groups excluding carboxylic acids is 2. The van der Waals surface area contributed by atoms with E-state index in [4.69, 9.17) is 4.74 Å². The molecule has 1 aromatic carbocycles. The van der Waals surface area contributed by atoms with Crippen LogP contribution < -0.4 is 10.1 Å². The summed E-state index contributed by atoms with van der Waals surface area (Å²) in [5.41, 5.74) is 0.674. The summed E-state index contributed by atoms with van der Waals surface area (Å²) in [6.45, 7) is 3.96. The second-order valence-electron chi connectivity index (χ2n) is 5.96. The van der Waals surface area contributed by atoms with Gasteiger partial charge in [-0.1, -0.05) is 18.2 Å². The zero-order valence-corrected chi connectivity index (χ0v) is 15.2. The maximum atomic E-state index is 11.9. The third kappa shape index (κ3) is 6.32. The molecule has 25 heavy (non-hydrogen) atoms. The van der Waals surface area contributed by atoms with E-state index < -0.39 is 6.10 Å². The Morgan fingerprint density at radius 2 is 2.00 bits per heavy atom. The number of amides is 1. The van der Waals surface area contributed by atoms with Gasteiger partial charge in [-0.05, 0) is 43.0 Å². The minimum Gasteiger partial charge on any atom is -0.491 e. The first kappa shape index (κ1) is 19.1. The predicted molar refractivity (Wildman–Crippen MR) is 98.1 cm³/mol. The molecule has 1 aromatic heterocycles. The molecule has 0 aliphatic carbocycles. The first-order valence-electron chi connectivity index (χ1n) is 8.24. The molecular formula is C19H23NO4S. The van der Waals surface area contributed by atoms with Crippen LogP contribution >= 0.6 is 11.3 Å². The number of ketones is 1. The highest BCUT2D eigenvalue weighted by Crippen LogP contribution is 2.20. The van der Waals surface area contributed by atoms with Crippen molar-refractivity contribution in [1.82, 2.24) is 5.32 Å². The van der Waals surface area contributed by atoms with Gasteiger partial charge in [-0.15, -0.1) is 11.3 Å². The Labute approximate surface area is 151 Å². The van der Waals surface area contributed by atoms with E-state index in [0.717, 1.165) is 0 Å². The predicted octanol–water partition coefficient (Wildman–Crippen LogP) is 3.35. The molecule has 1 unspecified atom stereocenters. The highest BCUT2D eigenvalue weighted by molar-refractivity contribution is 7.12. The topological polar surface area (TPSA) is 75.6 Å². The molecule has 0 saturated heterocycles. The molecule has 134 valence electrons. The number of aliphatic hydroxyl groups is 1. The molecule has 0 fully saturated rings. The summed E-state index contributed by atoms with van der Waals surface area (Å²) < 4.78 is 5.60. The van der Waals surface area contributed by atoms with E-state index in [9.17, 15) is 14.7 Å². The quantitative estimate of drug-likeness (QED) is 0.672. The van der Waals surface area contributed by atoms with Crippen molar-refractivity contribution in [3.05, 3.63) is 52.2 Å². The van der Waals surface area contributed by atoms with Gasteiger partial charge in [-0.2, -0.15) is 0 Å². The van der Waals surface area contributed by atoms with E-state index in [1.165, 1.54) is 11.3 Å². The van der Waals surface area contributed by atoms with E-state index in [2.05, 4.69) is 5.32 Å². The molecule has 1 amide bonds. The molecule has 1 atom stereocenters. The number of Topliss-reactive ketones (excluding diaryl/α,β-unsaturated/α-hetero) is 1. The molecule has 0 aliphatic heterocycles. The number of aliphatic hydroxyl groups excluding tert-OH is 1. The highest BCUT2D eigenvalue weighted by Gasteiger charge is 2.13. The second-order valence-corrected chi connectivity index (χ2v) is 6.91. The van der Waals surface area contributed by atoms with Gasteiger partial charge in [0.2, 0.25) is 5.91 Å². The van der Waals surface area contributed by atoms with Crippen LogP contribution in [-0.4, -0.2) is 29.4 Å². The van der Waals surface area contributed by atoms with Gasteiger partial charge >= 0.3 is 0 Å². The summed E-state index contributed by atoms with van der Waals surface area (Å²) in [5, 5.41) is 14.7. The zero-order chi connectivity index (χ0) is 18.2. The number of rotatable bonds is 9. The van der Waals surface area contributed by atoms with E-state index in [0.29, 0.717) is 16.2 Å². The number of carbonyl (C=O) groups is 2. The van der Waals surface area contributed by atoms with Crippen molar-refractivity contribution in [3.8, 4) is 5.75 Å². The summed E-state index contributed by atoms with van der Waals surface area (Å²) in [5.74, 6) is 0.391. The van der Waals surface area contributed by atoms with Crippen LogP contribution in [0.25, 0.3) is 0 Å². The minimum atomic E-state index is -0.826. The van der Waals surface area contributed by atoms with E-state index in [-0.39, 0.29) is 37.2 Å². The Hall–Kier alpha value is -2.18. The van der Waals surface area contributed by atoms with Gasteiger partial charge in [0, 0.05) is 19.4 Å². The molecule has 2 rings (SSSR count). The summed E-state index contributed by atoms with van der Waals surface area (Å²) >= 11 is 1.37. The summed E-state index contributed by atoms with van der Waals surface area (Å²) in [6, 6.07) is 10.7. The number of hydrogen-bond donors (Lipinski definition) is 2. The van der Waals surface area contributed by atoms with Crippen LogP contribution in [-0.2, 0) is 4.79 Å². The molecule has 0 bridgehead atoms. The van der Waals surface area contributed by atoms with Crippen molar-refractivity contribution >= 4 is 23.0 Å². The lowest BCUT2D eigenvalue weighted by Gasteiger charge is -2.15. The number of hydrogen-bond acceptors (Lipinski definition) is 5. The average molecular weight is 361 g/mol. The largest absolute Gasteiger partial charge is 0.491 e. The van der Waals surface area contributed by atoms with Crippen LogP contribution in [0.1, 0.15) is 48.0 Å². The zero-order valence-electron chi connectivity index (χ0n) is 14.4. The maximum absolute atomic E-state index is 11.9. The fraction of sp³-hybridized carbons (Fsp3) is 0.368. The Morgan fingerprint density at radius 3 is 2.68 bits per heavy atom. The Kier molecular flexibility index (Phi) is 7.16. The second kappa shape index (κ2) is 9.34. The van der Waals surface area contributed by atoms with Gasteiger partial charge in [0.1, 0.15) is 5.75 Å². The van der Waals surface area contributed by atoms with Crippen LogP contribution in [0.2, 0.25) is 0 Å². The molecule has 6 heteroatoms. The SMILES string of the molecule is CC(C)Oc1cccc(C(O)CNC(=O)CCC(=O)c2cccs2)c1. The molecular weight excluding hydrogens is 338 g/mol. The standard InChI is InChI=1S/C19H23NO4S/c1-13(2)24-15-6-3-5-14(11-15)17(22)12-20-19(23)9-8-16(21)18-7-4-10-25-18/h3-7,10-11,13,17,22H,8-9,12H2,1-2H3,(H,20,23). The molecule has 2 aromatic rings. The molecule has 0 radical (unpaired) electrons. The van der Waals surface area contributed by atoms with Gasteiger partial charge in [0.25, 0.3) is 0 Å². The van der Waals surface area contributed by atoms with Crippen LogP contribution in [0.5, 0.6) is 5.75 Å². The first-order valence-corrected chi connectivity index (χ1v) is 9.11. The number of thiophene rings is 1. The normalized spacial score (nSPS) is 12.0. The van der Waals surface area contributed by atoms with E-state index >= 15 is 0 Å². The lowest BCUT2D eigenvalue weighted by atomic mass is 10.1. The fourth-order valence-electron chi connectivity index (χ4n) is 2.27. The van der Waals surface area contributed by atoms with Crippen molar-refractivity contribution in [2.24, 2.45) is 0 Å². The molecule has 2 N–H and O–H groups in total. The van der Waals surface area contributed by atoms with Gasteiger partial charge in [0.05, 0.1) is 17.1 Å². The lowest BCUT2D eigenvalue weighted by molar-refractivity contribution is -0.121. The van der Waals surface area contributed by atoms with Crippen molar-refractivity contribution < 1.29 is 19.4 Å². The molecule has 1 heterocycles. The summed E-state index contributed by atoms with van der Waals surface area (Å²) in [7, 11) is 0. The minimum absolute atomic E-state index is 0.0377. The van der Waals surface area contributed by atoms with Gasteiger partial charge in [0.15, 0.2) is 5.78 Å². The lowest BCUT2D eigenvalue weighted by Crippen LogP contribution is -2.28. The Morgan fingerprint density at radius 1 is 1.20 bits per heavy atom. The van der Waals surface area contributed by atoms with Gasteiger partial charge in [-0.3, -0.25) is 9.59 Å². The smallest absolute Gasteiger partial charge is 0.220 e. The van der Waals surface area contributed by atoms with Crippen LogP contribution in [0.15, 0.2) is 41.8 Å². The van der Waals surface area contributed by atoms with E-state index in [1.54, 1.807) is 24.3 Å². The summed E-state index contributed by atoms with van der Waals surface area (Å²) in [6.07, 6.45) is -0.499. The molecule has 0 spiro atoms. The van der Waals surface area contributed by atoms with Gasteiger partial charge in [-0.25, -0.2) is 0 Å². The average Bonchev–Trinajstić information content (AvgIpc) is 3.11. The fourth-order valence-corrected chi connectivity index (χ4v) is 2.97. The number of ether oxygens (including phenoxy) is 1. The van der Waals surface area contributed by atoms with Gasteiger partial charge < -0.3 is 15.2 Å². The van der Waals surface area contributed by atoms with E-state index in [1.807, 2.05) is 31.4 Å². The number of benzene rings is 1. The third-order valence-corrected chi connectivity index (χ3v) is 4.39. The molecule has 0 saturated carbocycles. The highest BCUT2D eigenvalue weighted by atomic mass is 32.1. The van der Waals surface area contributed by atoms with Crippen molar-refractivity contribution in [2.75, 3.05) is 6.54 Å². The van der Waals surface area contributed by atoms with Crippen molar-refractivity contribution in [1.29, 1.82) is 0 Å². The van der Waals surface area contributed by atoms with Crippen molar-refractivity contribution in [3.63, 3.8) is 0 Å². The summed E-state index contributed by atoms with van der Waals surface area (Å²) in [4.78, 5) is 24.4. The third-order valence-electron chi connectivity index (χ3n) is 3.48.